The molecule has 10 rings (SSSR count). The summed E-state index contributed by atoms with van der Waals surface area (Å²) in [4.78, 5) is 15.7. The second kappa shape index (κ2) is 12.4. The molecule has 0 spiro atoms. The lowest BCUT2D eigenvalue weighted by Gasteiger charge is -2.15. The normalized spacial score (nSPS) is 11.5. The van der Waals surface area contributed by atoms with Gasteiger partial charge in [-0.15, -0.1) is 0 Å². The molecule has 52 heavy (non-hydrogen) atoms. The highest BCUT2D eigenvalue weighted by molar-refractivity contribution is 6.17. The topological polar surface area (TPSA) is 38.7 Å². The summed E-state index contributed by atoms with van der Waals surface area (Å²) in [6.07, 6.45) is 0. The fourth-order valence-electron chi connectivity index (χ4n) is 7.48. The first-order valence-electron chi connectivity index (χ1n) is 17.6. The van der Waals surface area contributed by atoms with Crippen LogP contribution in [0.1, 0.15) is 0 Å². The summed E-state index contributed by atoms with van der Waals surface area (Å²) in [5.74, 6) is 0. The number of benzene rings is 7. The molecule has 0 saturated carbocycles. The van der Waals surface area contributed by atoms with Crippen molar-refractivity contribution in [3.63, 3.8) is 0 Å². The molecule has 0 radical (unpaired) electrons. The molecule has 0 amide bonds. The number of hydrogen-bond acceptors (Lipinski definition) is 3. The minimum Gasteiger partial charge on any atom is -0.247 e. The Bertz CT molecular complexity index is 2950. The van der Waals surface area contributed by atoms with Crippen LogP contribution in [0.15, 0.2) is 188 Å². The second-order valence-corrected chi connectivity index (χ2v) is 13.2. The Morgan fingerprint density at radius 3 is 1.58 bits per heavy atom. The molecule has 3 nitrogen and oxygen atoms in total. The van der Waals surface area contributed by atoms with Crippen LogP contribution >= 0.6 is 0 Å². The zero-order valence-electron chi connectivity index (χ0n) is 28.2. The largest absolute Gasteiger partial charge is 0.247 e. The summed E-state index contributed by atoms with van der Waals surface area (Å²) in [5.41, 5.74) is 13.5. The Morgan fingerprint density at radius 1 is 0.308 bits per heavy atom. The van der Waals surface area contributed by atoms with E-state index in [1.165, 1.54) is 22.1 Å². The minimum absolute atomic E-state index is 0.905. The molecule has 3 heterocycles. The van der Waals surface area contributed by atoms with Gasteiger partial charge in [0.05, 0.1) is 33.6 Å². The van der Waals surface area contributed by atoms with E-state index in [0.29, 0.717) is 0 Å². The van der Waals surface area contributed by atoms with Crippen molar-refractivity contribution in [2.45, 2.75) is 0 Å². The molecule has 3 heteroatoms. The van der Waals surface area contributed by atoms with Crippen LogP contribution in [0.25, 0.3) is 99.5 Å². The van der Waals surface area contributed by atoms with Crippen LogP contribution in [-0.2, 0) is 0 Å². The van der Waals surface area contributed by atoms with E-state index in [4.69, 9.17) is 15.0 Å². The van der Waals surface area contributed by atoms with E-state index in [-0.39, 0.29) is 0 Å². The highest BCUT2D eigenvalue weighted by Crippen LogP contribution is 2.40. The Morgan fingerprint density at radius 2 is 0.827 bits per heavy atom. The smallest absolute Gasteiger partial charge is 0.0972 e. The maximum Gasteiger partial charge on any atom is 0.0972 e. The highest BCUT2D eigenvalue weighted by Gasteiger charge is 2.16. The van der Waals surface area contributed by atoms with Gasteiger partial charge in [-0.2, -0.15) is 0 Å². The average Bonchev–Trinajstić information content (AvgIpc) is 3.23. The van der Waals surface area contributed by atoms with E-state index in [2.05, 4.69) is 170 Å². The highest BCUT2D eigenvalue weighted by atomic mass is 14.8. The lowest BCUT2D eigenvalue weighted by Crippen LogP contribution is -1.93. The monoisotopic (exact) mass is 661 g/mol. The van der Waals surface area contributed by atoms with Crippen LogP contribution in [0.2, 0.25) is 0 Å². The first-order valence-corrected chi connectivity index (χ1v) is 17.6. The van der Waals surface area contributed by atoms with Gasteiger partial charge in [-0.1, -0.05) is 158 Å². The van der Waals surface area contributed by atoms with E-state index in [1.807, 2.05) is 18.2 Å². The first kappa shape index (κ1) is 29.9. The SMILES string of the molecule is c1ccc(-c2cccc(-c3nc4ccccc4c4c(-c5cccc(-c6ccc7ccc8ccc(-c9ccccc9)nc8c7n6)c5)cccc34)c2)cc1. The van der Waals surface area contributed by atoms with E-state index < -0.39 is 0 Å². The maximum atomic E-state index is 5.27. The zero-order valence-corrected chi connectivity index (χ0v) is 28.2. The number of rotatable bonds is 5. The van der Waals surface area contributed by atoms with Gasteiger partial charge in [0.25, 0.3) is 0 Å². The molecule has 0 aliphatic rings. The van der Waals surface area contributed by atoms with Crippen molar-refractivity contribution < 1.29 is 0 Å². The molecule has 10 aromatic rings. The van der Waals surface area contributed by atoms with Crippen molar-refractivity contribution in [3.05, 3.63) is 188 Å². The second-order valence-electron chi connectivity index (χ2n) is 13.2. The molecule has 7 aromatic carbocycles. The molecule has 0 N–H and O–H groups in total. The number of aromatic nitrogens is 3. The predicted molar refractivity (Wildman–Crippen MR) is 217 cm³/mol. The molecule has 0 bridgehead atoms. The standard InChI is InChI=1S/C49H31N3/c1-3-12-32(13-4-1)36-16-9-19-39(30-36)47-42-22-11-21-40(46(42)41-20-7-8-23-45(41)52-47)37-17-10-18-38(31-37)44-29-27-35-25-24-34-26-28-43(33-14-5-2-6-15-33)50-48(34)49(35)51-44/h1-31H. The number of fused-ring (bicyclic) bond motifs is 6. The third-order valence-electron chi connectivity index (χ3n) is 10.0. The van der Waals surface area contributed by atoms with Crippen molar-refractivity contribution in [1.29, 1.82) is 0 Å². The number of nitrogens with zero attached hydrogens (tertiary/aromatic N) is 3. The van der Waals surface area contributed by atoms with Crippen molar-refractivity contribution >= 4 is 43.5 Å². The van der Waals surface area contributed by atoms with Gasteiger partial charge in [0.15, 0.2) is 0 Å². The molecule has 242 valence electrons. The van der Waals surface area contributed by atoms with Gasteiger partial charge in [0, 0.05) is 43.6 Å². The van der Waals surface area contributed by atoms with Gasteiger partial charge in [-0.05, 0) is 52.6 Å². The molecular formula is C49H31N3. The fraction of sp³-hybridized carbons (Fsp3) is 0. The van der Waals surface area contributed by atoms with Gasteiger partial charge in [0.1, 0.15) is 0 Å². The van der Waals surface area contributed by atoms with Gasteiger partial charge in [-0.25, -0.2) is 15.0 Å². The third kappa shape index (κ3) is 5.19. The lowest BCUT2D eigenvalue weighted by atomic mass is 9.91. The van der Waals surface area contributed by atoms with E-state index in [1.54, 1.807) is 0 Å². The van der Waals surface area contributed by atoms with Crippen LogP contribution in [-0.4, -0.2) is 15.0 Å². The summed E-state index contributed by atoms with van der Waals surface area (Å²) in [6.45, 7) is 0. The molecule has 0 aliphatic carbocycles. The van der Waals surface area contributed by atoms with E-state index in [0.717, 1.165) is 77.4 Å². The van der Waals surface area contributed by atoms with E-state index in [9.17, 15) is 0 Å². The summed E-state index contributed by atoms with van der Waals surface area (Å²) < 4.78 is 0. The molecular weight excluding hydrogens is 631 g/mol. The predicted octanol–water partition coefficient (Wildman–Crippen LogP) is 12.8. The molecule has 0 saturated heterocycles. The van der Waals surface area contributed by atoms with Crippen molar-refractivity contribution in [3.8, 4) is 56.0 Å². The fourth-order valence-corrected chi connectivity index (χ4v) is 7.48. The Kier molecular flexibility index (Phi) is 7.14. The molecule has 0 atom stereocenters. The van der Waals surface area contributed by atoms with Gasteiger partial charge in [-0.3, -0.25) is 0 Å². The quantitative estimate of drug-likeness (QED) is 0.172. The molecule has 3 aromatic heterocycles. The zero-order chi connectivity index (χ0) is 34.4. The minimum atomic E-state index is 0.905. The molecule has 0 aliphatic heterocycles. The Labute approximate surface area is 301 Å². The van der Waals surface area contributed by atoms with Crippen LogP contribution in [0, 0.1) is 0 Å². The average molecular weight is 662 g/mol. The van der Waals surface area contributed by atoms with Crippen molar-refractivity contribution in [2.24, 2.45) is 0 Å². The summed E-state index contributed by atoms with van der Waals surface area (Å²) >= 11 is 0. The third-order valence-corrected chi connectivity index (χ3v) is 10.0. The van der Waals surface area contributed by atoms with Crippen LogP contribution in [0.4, 0.5) is 0 Å². The summed E-state index contributed by atoms with van der Waals surface area (Å²) in [7, 11) is 0. The summed E-state index contributed by atoms with van der Waals surface area (Å²) in [6, 6.07) is 66.2. The Hall–Kier alpha value is -6.97. The Balaban J connectivity index is 1.13. The maximum absolute atomic E-state index is 5.27. The molecule has 0 unspecified atom stereocenters. The number of hydrogen-bond donors (Lipinski definition) is 0. The number of pyridine rings is 3. The van der Waals surface area contributed by atoms with Gasteiger partial charge < -0.3 is 0 Å². The lowest BCUT2D eigenvalue weighted by molar-refractivity contribution is 1.36. The van der Waals surface area contributed by atoms with E-state index >= 15 is 0 Å². The van der Waals surface area contributed by atoms with Gasteiger partial charge in [0.2, 0.25) is 0 Å². The van der Waals surface area contributed by atoms with Gasteiger partial charge >= 0.3 is 0 Å². The van der Waals surface area contributed by atoms with Crippen LogP contribution < -0.4 is 0 Å². The van der Waals surface area contributed by atoms with Crippen LogP contribution in [0.3, 0.4) is 0 Å². The van der Waals surface area contributed by atoms with Crippen molar-refractivity contribution in [2.75, 3.05) is 0 Å². The number of para-hydroxylation sites is 1. The van der Waals surface area contributed by atoms with Crippen LogP contribution in [0.5, 0.6) is 0 Å². The van der Waals surface area contributed by atoms with Crippen molar-refractivity contribution in [1.82, 2.24) is 15.0 Å². The first-order chi connectivity index (χ1) is 25.8. The summed E-state index contributed by atoms with van der Waals surface area (Å²) in [5, 5.41) is 5.61. The molecule has 0 fully saturated rings.